The summed E-state index contributed by atoms with van der Waals surface area (Å²) >= 11 is 0. The van der Waals surface area contributed by atoms with Crippen LogP contribution < -0.4 is 5.73 Å². The standard InChI is InChI=1S/C10H11NO2/c11-9-4-10(13)7-2-1-6(5-12)3-8(7)9/h1-3,9,12H,4-5,11H2/t9-/m0/s1. The van der Waals surface area contributed by atoms with Gasteiger partial charge in [0.15, 0.2) is 5.78 Å². The second-order valence-electron chi connectivity index (χ2n) is 3.31. The van der Waals surface area contributed by atoms with Crippen LogP contribution in [0, 0.1) is 0 Å². The smallest absolute Gasteiger partial charge is 0.165 e. The predicted molar refractivity (Wildman–Crippen MR) is 48.2 cm³/mol. The average Bonchev–Trinajstić information content (AvgIpc) is 2.42. The highest BCUT2D eigenvalue weighted by atomic mass is 16.3. The first-order valence-electron chi connectivity index (χ1n) is 4.25. The number of Topliss-reactive ketones (excluding diaryl/α,β-unsaturated/α-hetero) is 1. The molecule has 0 fully saturated rings. The first-order valence-corrected chi connectivity index (χ1v) is 4.25. The molecule has 0 amide bonds. The van der Waals surface area contributed by atoms with Gasteiger partial charge in [0, 0.05) is 18.0 Å². The van der Waals surface area contributed by atoms with E-state index in [-0.39, 0.29) is 18.4 Å². The molecule has 1 aliphatic rings. The summed E-state index contributed by atoms with van der Waals surface area (Å²) in [5.74, 6) is 0.104. The van der Waals surface area contributed by atoms with Crippen molar-refractivity contribution in [2.75, 3.05) is 0 Å². The lowest BCUT2D eigenvalue weighted by atomic mass is 10.1. The molecule has 0 spiro atoms. The molecule has 3 N–H and O–H groups in total. The Labute approximate surface area is 76.2 Å². The van der Waals surface area contributed by atoms with Gasteiger partial charge in [-0.05, 0) is 11.1 Å². The van der Waals surface area contributed by atoms with Crippen LogP contribution in [-0.2, 0) is 6.61 Å². The predicted octanol–water partition coefficient (Wildman–Crippen LogP) is 0.765. The van der Waals surface area contributed by atoms with Gasteiger partial charge in [0.05, 0.1) is 6.61 Å². The minimum absolute atomic E-state index is 0.00576. The minimum Gasteiger partial charge on any atom is -0.392 e. The van der Waals surface area contributed by atoms with Crippen molar-refractivity contribution in [2.45, 2.75) is 19.1 Å². The van der Waals surface area contributed by atoms with Crippen LogP contribution in [0.5, 0.6) is 0 Å². The third-order valence-corrected chi connectivity index (χ3v) is 2.40. The second-order valence-corrected chi connectivity index (χ2v) is 3.31. The lowest BCUT2D eigenvalue weighted by Gasteiger charge is -2.04. The van der Waals surface area contributed by atoms with Crippen LogP contribution >= 0.6 is 0 Å². The normalized spacial score (nSPS) is 20.5. The molecular formula is C10H11NO2. The van der Waals surface area contributed by atoms with Gasteiger partial charge in [0.2, 0.25) is 0 Å². The Morgan fingerprint density at radius 1 is 1.54 bits per heavy atom. The third kappa shape index (κ3) is 1.26. The molecule has 0 saturated heterocycles. The van der Waals surface area contributed by atoms with Crippen molar-refractivity contribution in [3.05, 3.63) is 34.9 Å². The highest BCUT2D eigenvalue weighted by molar-refractivity contribution is 6.01. The van der Waals surface area contributed by atoms with E-state index in [0.29, 0.717) is 12.0 Å². The lowest BCUT2D eigenvalue weighted by molar-refractivity contribution is 0.0989. The maximum absolute atomic E-state index is 11.3. The van der Waals surface area contributed by atoms with Crippen LogP contribution in [0.25, 0.3) is 0 Å². The molecular weight excluding hydrogens is 166 g/mol. The summed E-state index contributed by atoms with van der Waals surface area (Å²) in [4.78, 5) is 11.3. The van der Waals surface area contributed by atoms with Gasteiger partial charge in [-0.25, -0.2) is 0 Å². The number of rotatable bonds is 1. The monoisotopic (exact) mass is 177 g/mol. The SMILES string of the molecule is N[C@H]1CC(=O)c2ccc(CO)cc21. The van der Waals surface area contributed by atoms with Crippen LogP contribution in [0.2, 0.25) is 0 Å². The van der Waals surface area contributed by atoms with Crippen molar-refractivity contribution in [3.8, 4) is 0 Å². The van der Waals surface area contributed by atoms with E-state index in [9.17, 15) is 4.79 Å². The summed E-state index contributed by atoms with van der Waals surface area (Å²) in [5, 5.41) is 8.90. The molecule has 1 aromatic carbocycles. The van der Waals surface area contributed by atoms with Crippen molar-refractivity contribution in [3.63, 3.8) is 0 Å². The Bertz CT molecular complexity index is 360. The molecule has 0 radical (unpaired) electrons. The quantitative estimate of drug-likeness (QED) is 0.665. The van der Waals surface area contributed by atoms with Crippen LogP contribution in [0.4, 0.5) is 0 Å². The molecule has 68 valence electrons. The Kier molecular flexibility index (Phi) is 1.90. The first-order chi connectivity index (χ1) is 6.22. The first kappa shape index (κ1) is 8.41. The molecule has 1 aromatic rings. The Morgan fingerprint density at radius 2 is 2.31 bits per heavy atom. The lowest BCUT2D eigenvalue weighted by Crippen LogP contribution is -2.06. The average molecular weight is 177 g/mol. The zero-order valence-corrected chi connectivity index (χ0v) is 7.16. The fourth-order valence-corrected chi connectivity index (χ4v) is 1.69. The van der Waals surface area contributed by atoms with Gasteiger partial charge in [-0.1, -0.05) is 18.2 Å². The molecule has 1 aliphatic carbocycles. The van der Waals surface area contributed by atoms with Gasteiger partial charge in [0.1, 0.15) is 0 Å². The van der Waals surface area contributed by atoms with Gasteiger partial charge in [-0.15, -0.1) is 0 Å². The van der Waals surface area contributed by atoms with Crippen LogP contribution in [0.15, 0.2) is 18.2 Å². The molecule has 3 heteroatoms. The van der Waals surface area contributed by atoms with Crippen molar-refractivity contribution in [1.29, 1.82) is 0 Å². The zero-order chi connectivity index (χ0) is 9.42. The van der Waals surface area contributed by atoms with Gasteiger partial charge >= 0.3 is 0 Å². The Hall–Kier alpha value is -1.19. The number of hydrogen-bond donors (Lipinski definition) is 2. The summed E-state index contributed by atoms with van der Waals surface area (Å²) in [5.41, 5.74) is 8.15. The number of nitrogens with two attached hydrogens (primary N) is 1. The topological polar surface area (TPSA) is 63.3 Å². The summed E-state index contributed by atoms with van der Waals surface area (Å²) in [6.45, 7) is -0.00576. The number of carbonyl (C=O) groups excluding carboxylic acids is 1. The van der Waals surface area contributed by atoms with E-state index in [1.165, 1.54) is 0 Å². The van der Waals surface area contributed by atoms with Crippen molar-refractivity contribution >= 4 is 5.78 Å². The molecule has 0 bridgehead atoms. The van der Waals surface area contributed by atoms with Gasteiger partial charge < -0.3 is 10.8 Å². The molecule has 1 atom stereocenters. The number of benzene rings is 1. The third-order valence-electron chi connectivity index (χ3n) is 2.40. The molecule has 0 saturated carbocycles. The Balaban J connectivity index is 2.52. The van der Waals surface area contributed by atoms with Crippen LogP contribution in [-0.4, -0.2) is 10.9 Å². The number of fused-ring (bicyclic) bond motifs is 1. The molecule has 13 heavy (non-hydrogen) atoms. The van der Waals surface area contributed by atoms with Crippen LogP contribution in [0.3, 0.4) is 0 Å². The van der Waals surface area contributed by atoms with E-state index in [0.717, 1.165) is 11.1 Å². The number of carbonyl (C=O) groups is 1. The summed E-state index contributed by atoms with van der Waals surface area (Å²) in [6.07, 6.45) is 0.393. The maximum atomic E-state index is 11.3. The second kappa shape index (κ2) is 2.94. The van der Waals surface area contributed by atoms with E-state index in [4.69, 9.17) is 10.8 Å². The molecule has 2 rings (SSSR count). The molecule has 3 nitrogen and oxygen atoms in total. The molecule has 0 unspecified atom stereocenters. The van der Waals surface area contributed by atoms with E-state index >= 15 is 0 Å². The highest BCUT2D eigenvalue weighted by Gasteiger charge is 2.26. The van der Waals surface area contributed by atoms with E-state index in [1.54, 1.807) is 12.1 Å². The van der Waals surface area contributed by atoms with Crippen molar-refractivity contribution < 1.29 is 9.90 Å². The van der Waals surface area contributed by atoms with Gasteiger partial charge in [0.25, 0.3) is 0 Å². The number of hydrogen-bond acceptors (Lipinski definition) is 3. The number of aliphatic hydroxyl groups excluding tert-OH is 1. The van der Waals surface area contributed by atoms with Crippen LogP contribution in [0.1, 0.15) is 33.9 Å². The van der Waals surface area contributed by atoms with Crippen molar-refractivity contribution in [2.24, 2.45) is 5.73 Å². The fourth-order valence-electron chi connectivity index (χ4n) is 1.69. The minimum atomic E-state index is -0.186. The number of aliphatic hydroxyl groups is 1. The summed E-state index contributed by atoms with van der Waals surface area (Å²) in [6, 6.07) is 5.13. The van der Waals surface area contributed by atoms with E-state index in [2.05, 4.69) is 0 Å². The molecule has 0 aromatic heterocycles. The maximum Gasteiger partial charge on any atom is 0.165 e. The summed E-state index contributed by atoms with van der Waals surface area (Å²) < 4.78 is 0. The number of ketones is 1. The van der Waals surface area contributed by atoms with E-state index in [1.807, 2.05) is 6.07 Å². The molecule has 0 heterocycles. The summed E-state index contributed by atoms with van der Waals surface area (Å²) in [7, 11) is 0. The van der Waals surface area contributed by atoms with Gasteiger partial charge in [-0.3, -0.25) is 4.79 Å². The fraction of sp³-hybridized carbons (Fsp3) is 0.300. The van der Waals surface area contributed by atoms with Gasteiger partial charge in [-0.2, -0.15) is 0 Å². The van der Waals surface area contributed by atoms with E-state index < -0.39 is 0 Å². The largest absolute Gasteiger partial charge is 0.392 e. The molecule has 0 aliphatic heterocycles. The zero-order valence-electron chi connectivity index (χ0n) is 7.16. The Morgan fingerprint density at radius 3 is 3.00 bits per heavy atom. The van der Waals surface area contributed by atoms with Crippen molar-refractivity contribution in [1.82, 2.24) is 0 Å². The highest BCUT2D eigenvalue weighted by Crippen LogP contribution is 2.29.